The van der Waals surface area contributed by atoms with Crippen molar-refractivity contribution >= 4 is 11.9 Å². The first-order valence-corrected chi connectivity index (χ1v) is 6.58. The van der Waals surface area contributed by atoms with Crippen LogP contribution in [0.1, 0.15) is 51.9 Å². The van der Waals surface area contributed by atoms with E-state index in [0.717, 1.165) is 25.7 Å². The molecule has 1 aliphatic heterocycles. The van der Waals surface area contributed by atoms with Gasteiger partial charge in [-0.3, -0.25) is 4.79 Å². The number of carboxylic acid groups (broad SMARTS) is 2. The second-order valence-corrected chi connectivity index (χ2v) is 5.56. The van der Waals surface area contributed by atoms with Gasteiger partial charge in [-0.1, -0.05) is 19.3 Å². The average molecular weight is 256 g/mol. The van der Waals surface area contributed by atoms with Gasteiger partial charge in [0.25, 0.3) is 0 Å². The molecule has 1 heterocycles. The summed E-state index contributed by atoms with van der Waals surface area (Å²) < 4.78 is 5.58. The fraction of sp³-hybridized carbons (Fsp3) is 0.846. The summed E-state index contributed by atoms with van der Waals surface area (Å²) in [7, 11) is 0. The van der Waals surface area contributed by atoms with Gasteiger partial charge in [-0.05, 0) is 32.1 Å². The van der Waals surface area contributed by atoms with Gasteiger partial charge in [0.05, 0.1) is 0 Å². The lowest BCUT2D eigenvalue weighted by Crippen LogP contribution is -2.38. The van der Waals surface area contributed by atoms with Gasteiger partial charge in [-0.15, -0.1) is 0 Å². The maximum atomic E-state index is 11.3. The molecule has 2 fully saturated rings. The minimum absolute atomic E-state index is 0.0284. The molecule has 0 aromatic heterocycles. The van der Waals surface area contributed by atoms with E-state index in [4.69, 9.17) is 9.84 Å². The molecular weight excluding hydrogens is 236 g/mol. The van der Waals surface area contributed by atoms with E-state index in [-0.39, 0.29) is 12.3 Å². The highest BCUT2D eigenvalue weighted by Gasteiger charge is 2.74. The van der Waals surface area contributed by atoms with E-state index < -0.39 is 23.1 Å². The standard InChI is InChI=1S/C13H20O5/c1-12(11(16)17)13(18-12,8-7-10(14)15)9-5-3-2-4-6-9/h9H,2-8H2,1H3,(H,14,15)(H,16,17). The molecule has 0 spiro atoms. The SMILES string of the molecule is CC1(C(=O)O)OC1(CCC(=O)O)C1CCCCC1. The van der Waals surface area contributed by atoms with Crippen molar-refractivity contribution in [2.75, 3.05) is 0 Å². The highest BCUT2D eigenvalue weighted by Crippen LogP contribution is 2.59. The monoisotopic (exact) mass is 256 g/mol. The maximum Gasteiger partial charge on any atom is 0.338 e. The van der Waals surface area contributed by atoms with Gasteiger partial charge in [0.15, 0.2) is 5.60 Å². The smallest absolute Gasteiger partial charge is 0.338 e. The topological polar surface area (TPSA) is 87.1 Å². The maximum absolute atomic E-state index is 11.3. The van der Waals surface area contributed by atoms with Crippen LogP contribution in [0.25, 0.3) is 0 Å². The van der Waals surface area contributed by atoms with E-state index in [9.17, 15) is 14.7 Å². The number of aliphatic carboxylic acids is 2. The molecule has 2 atom stereocenters. The molecular formula is C13H20O5. The minimum Gasteiger partial charge on any atom is -0.481 e. The van der Waals surface area contributed by atoms with E-state index in [1.54, 1.807) is 6.92 Å². The normalized spacial score (nSPS) is 36.3. The first kappa shape index (κ1) is 13.3. The highest BCUT2D eigenvalue weighted by molar-refractivity contribution is 5.83. The number of carboxylic acids is 2. The molecule has 0 bridgehead atoms. The number of rotatable bonds is 5. The van der Waals surface area contributed by atoms with Crippen LogP contribution in [0.15, 0.2) is 0 Å². The summed E-state index contributed by atoms with van der Waals surface area (Å²) in [5.41, 5.74) is -1.94. The van der Waals surface area contributed by atoms with Crippen molar-refractivity contribution in [2.45, 2.75) is 63.1 Å². The van der Waals surface area contributed by atoms with Crippen molar-refractivity contribution < 1.29 is 24.5 Å². The Kier molecular flexibility index (Phi) is 3.36. The fourth-order valence-corrected chi connectivity index (χ4v) is 3.39. The highest BCUT2D eigenvalue weighted by atomic mass is 16.7. The quantitative estimate of drug-likeness (QED) is 0.735. The Labute approximate surface area is 106 Å². The molecule has 2 N–H and O–H groups in total. The largest absolute Gasteiger partial charge is 0.481 e. The van der Waals surface area contributed by atoms with Gasteiger partial charge in [-0.2, -0.15) is 0 Å². The second-order valence-electron chi connectivity index (χ2n) is 5.56. The Hall–Kier alpha value is -1.10. The molecule has 0 radical (unpaired) electrons. The van der Waals surface area contributed by atoms with Crippen molar-refractivity contribution in [3.63, 3.8) is 0 Å². The average Bonchev–Trinajstić information content (AvgIpc) is 2.97. The summed E-state index contributed by atoms with van der Waals surface area (Å²) in [6.07, 6.45) is 5.51. The van der Waals surface area contributed by atoms with E-state index >= 15 is 0 Å². The number of ether oxygens (including phenoxy) is 1. The molecule has 2 rings (SSSR count). The zero-order valence-electron chi connectivity index (χ0n) is 10.6. The Bertz CT molecular complexity index is 360. The molecule has 1 saturated carbocycles. The third kappa shape index (κ3) is 2.00. The van der Waals surface area contributed by atoms with E-state index in [0.29, 0.717) is 6.42 Å². The summed E-state index contributed by atoms with van der Waals surface area (Å²) >= 11 is 0. The van der Waals surface area contributed by atoms with Crippen LogP contribution in [-0.2, 0) is 14.3 Å². The summed E-state index contributed by atoms with van der Waals surface area (Å²) in [6, 6.07) is 0. The van der Waals surface area contributed by atoms with Crippen molar-refractivity contribution in [1.29, 1.82) is 0 Å². The summed E-state index contributed by atoms with van der Waals surface area (Å²) in [5, 5.41) is 18.1. The molecule has 1 saturated heterocycles. The van der Waals surface area contributed by atoms with Gasteiger partial charge >= 0.3 is 11.9 Å². The fourth-order valence-electron chi connectivity index (χ4n) is 3.39. The van der Waals surface area contributed by atoms with Crippen LogP contribution in [-0.4, -0.2) is 33.4 Å². The summed E-state index contributed by atoms with van der Waals surface area (Å²) in [6.45, 7) is 1.58. The van der Waals surface area contributed by atoms with Gasteiger partial charge < -0.3 is 14.9 Å². The molecule has 5 heteroatoms. The van der Waals surface area contributed by atoms with Crippen LogP contribution < -0.4 is 0 Å². The molecule has 2 aliphatic rings. The zero-order valence-corrected chi connectivity index (χ0v) is 10.6. The lowest BCUT2D eigenvalue weighted by Gasteiger charge is -2.29. The van der Waals surface area contributed by atoms with Gasteiger partial charge in [0, 0.05) is 6.42 Å². The third-order valence-electron chi connectivity index (χ3n) is 4.54. The van der Waals surface area contributed by atoms with Crippen molar-refractivity contribution in [3.05, 3.63) is 0 Å². The second kappa shape index (κ2) is 4.53. The molecule has 0 aromatic carbocycles. The van der Waals surface area contributed by atoms with Crippen LogP contribution in [0.5, 0.6) is 0 Å². The van der Waals surface area contributed by atoms with E-state index in [1.807, 2.05) is 0 Å². The van der Waals surface area contributed by atoms with Crippen molar-refractivity contribution in [3.8, 4) is 0 Å². The minimum atomic E-state index is -1.19. The Morgan fingerprint density at radius 3 is 2.28 bits per heavy atom. The molecule has 2 unspecified atom stereocenters. The number of epoxide rings is 1. The lowest BCUT2D eigenvalue weighted by molar-refractivity contribution is -0.143. The van der Waals surface area contributed by atoms with Crippen LogP contribution in [0.3, 0.4) is 0 Å². The molecule has 0 amide bonds. The van der Waals surface area contributed by atoms with Crippen molar-refractivity contribution in [2.24, 2.45) is 5.92 Å². The van der Waals surface area contributed by atoms with Gasteiger partial charge in [-0.25, -0.2) is 4.79 Å². The first-order valence-electron chi connectivity index (χ1n) is 6.58. The molecule has 0 aromatic rings. The van der Waals surface area contributed by atoms with Crippen LogP contribution in [0.2, 0.25) is 0 Å². The van der Waals surface area contributed by atoms with Gasteiger partial charge in [0.1, 0.15) is 5.60 Å². The molecule has 1 aliphatic carbocycles. The van der Waals surface area contributed by atoms with Crippen LogP contribution >= 0.6 is 0 Å². The number of carbonyl (C=O) groups is 2. The molecule has 5 nitrogen and oxygen atoms in total. The first-order chi connectivity index (χ1) is 8.42. The number of hydrogen-bond donors (Lipinski definition) is 2. The molecule has 102 valence electrons. The number of hydrogen-bond acceptors (Lipinski definition) is 3. The lowest BCUT2D eigenvalue weighted by atomic mass is 9.72. The Morgan fingerprint density at radius 1 is 1.22 bits per heavy atom. The zero-order chi connectivity index (χ0) is 13.4. The summed E-state index contributed by atoms with van der Waals surface area (Å²) in [5.74, 6) is -1.68. The third-order valence-corrected chi connectivity index (χ3v) is 4.54. The Balaban J connectivity index is 2.14. The van der Waals surface area contributed by atoms with E-state index in [1.165, 1.54) is 6.42 Å². The Morgan fingerprint density at radius 2 is 1.83 bits per heavy atom. The predicted octanol–water partition coefficient (Wildman–Crippen LogP) is 2.04. The summed E-state index contributed by atoms with van der Waals surface area (Å²) in [4.78, 5) is 22.0. The van der Waals surface area contributed by atoms with Crippen LogP contribution in [0, 0.1) is 5.92 Å². The van der Waals surface area contributed by atoms with Gasteiger partial charge in [0.2, 0.25) is 0 Å². The van der Waals surface area contributed by atoms with Crippen LogP contribution in [0.4, 0.5) is 0 Å². The predicted molar refractivity (Wildman–Crippen MR) is 63.3 cm³/mol. The van der Waals surface area contributed by atoms with E-state index in [2.05, 4.69) is 0 Å². The molecule has 18 heavy (non-hydrogen) atoms. The van der Waals surface area contributed by atoms with Crippen molar-refractivity contribution in [1.82, 2.24) is 0 Å².